The van der Waals surface area contributed by atoms with Crippen LogP contribution in [0.1, 0.15) is 19.8 Å². The molecule has 2 aromatic rings. The van der Waals surface area contributed by atoms with E-state index in [9.17, 15) is 0 Å². The van der Waals surface area contributed by atoms with Crippen molar-refractivity contribution < 1.29 is 0 Å². The van der Waals surface area contributed by atoms with Crippen LogP contribution in [0.5, 0.6) is 0 Å². The van der Waals surface area contributed by atoms with Crippen molar-refractivity contribution >= 4 is 16.5 Å². The first-order chi connectivity index (χ1) is 9.38. The Morgan fingerprint density at radius 1 is 1.37 bits per heavy atom. The van der Waals surface area contributed by atoms with Crippen LogP contribution in [0.15, 0.2) is 36.7 Å². The zero-order valence-corrected chi connectivity index (χ0v) is 11.5. The Bertz CT molecular complexity index is 545. The van der Waals surface area contributed by atoms with E-state index >= 15 is 0 Å². The lowest BCUT2D eigenvalue weighted by atomic mass is 10.1. The molecule has 3 heteroatoms. The van der Waals surface area contributed by atoms with Gasteiger partial charge in [-0.25, -0.2) is 0 Å². The summed E-state index contributed by atoms with van der Waals surface area (Å²) >= 11 is 0. The van der Waals surface area contributed by atoms with Crippen LogP contribution in [0.25, 0.3) is 10.8 Å². The van der Waals surface area contributed by atoms with Crippen molar-refractivity contribution in [3.8, 4) is 0 Å². The molecule has 0 radical (unpaired) electrons. The molecule has 1 fully saturated rings. The standard InChI is InChI=1S/C16H21N3/c1-2-4-14-12-19(10-9-18-14)16-6-3-5-13-7-8-17-11-15(13)16/h3,5-8,11,14,18H,2,4,9-10,12H2,1H3. The van der Waals surface area contributed by atoms with Crippen LogP contribution in [0.4, 0.5) is 5.69 Å². The zero-order chi connectivity index (χ0) is 13.1. The van der Waals surface area contributed by atoms with Gasteiger partial charge < -0.3 is 10.2 Å². The van der Waals surface area contributed by atoms with Crippen molar-refractivity contribution in [1.82, 2.24) is 10.3 Å². The van der Waals surface area contributed by atoms with E-state index in [1.54, 1.807) is 0 Å². The van der Waals surface area contributed by atoms with Crippen molar-refractivity contribution in [2.24, 2.45) is 0 Å². The van der Waals surface area contributed by atoms with E-state index in [0.29, 0.717) is 6.04 Å². The maximum absolute atomic E-state index is 4.28. The van der Waals surface area contributed by atoms with Gasteiger partial charge in [-0.05, 0) is 23.9 Å². The zero-order valence-electron chi connectivity index (χ0n) is 11.5. The Morgan fingerprint density at radius 2 is 2.32 bits per heavy atom. The third-order valence-corrected chi connectivity index (χ3v) is 3.89. The Morgan fingerprint density at radius 3 is 3.21 bits per heavy atom. The second kappa shape index (κ2) is 5.57. The molecule has 1 aliphatic rings. The summed E-state index contributed by atoms with van der Waals surface area (Å²) in [5.41, 5.74) is 1.33. The Labute approximate surface area is 114 Å². The highest BCUT2D eigenvalue weighted by Crippen LogP contribution is 2.27. The molecule has 100 valence electrons. The second-order valence-corrected chi connectivity index (χ2v) is 5.26. The molecule has 0 aliphatic carbocycles. The molecule has 0 amide bonds. The molecule has 1 saturated heterocycles. The van der Waals surface area contributed by atoms with Gasteiger partial charge in [0.2, 0.25) is 0 Å². The van der Waals surface area contributed by atoms with Crippen LogP contribution in [0.2, 0.25) is 0 Å². The van der Waals surface area contributed by atoms with Crippen LogP contribution in [0.3, 0.4) is 0 Å². The quantitative estimate of drug-likeness (QED) is 0.914. The predicted molar refractivity (Wildman–Crippen MR) is 80.7 cm³/mol. The van der Waals surface area contributed by atoms with Gasteiger partial charge in [-0.15, -0.1) is 0 Å². The smallest absolute Gasteiger partial charge is 0.0462 e. The normalized spacial score (nSPS) is 19.8. The molecule has 1 N–H and O–H groups in total. The number of nitrogens with zero attached hydrogens (tertiary/aromatic N) is 2. The molecule has 2 heterocycles. The number of pyridine rings is 1. The molecule has 0 bridgehead atoms. The second-order valence-electron chi connectivity index (χ2n) is 5.26. The molecule has 19 heavy (non-hydrogen) atoms. The Kier molecular flexibility index (Phi) is 3.65. The van der Waals surface area contributed by atoms with E-state index in [4.69, 9.17) is 0 Å². The number of aromatic nitrogens is 1. The first kappa shape index (κ1) is 12.4. The Balaban J connectivity index is 1.91. The number of hydrogen-bond acceptors (Lipinski definition) is 3. The van der Waals surface area contributed by atoms with E-state index in [0.717, 1.165) is 19.6 Å². The summed E-state index contributed by atoms with van der Waals surface area (Å²) in [6.45, 7) is 5.50. The highest BCUT2D eigenvalue weighted by Gasteiger charge is 2.19. The summed E-state index contributed by atoms with van der Waals surface area (Å²) in [4.78, 5) is 6.78. The number of hydrogen-bond donors (Lipinski definition) is 1. The van der Waals surface area contributed by atoms with Crippen LogP contribution in [0, 0.1) is 0 Å². The lowest BCUT2D eigenvalue weighted by Crippen LogP contribution is -2.50. The minimum atomic E-state index is 0.616. The molecule has 1 aromatic heterocycles. The molecule has 0 saturated carbocycles. The Hall–Kier alpha value is -1.61. The van der Waals surface area contributed by atoms with Gasteiger partial charge in [-0.3, -0.25) is 4.98 Å². The minimum Gasteiger partial charge on any atom is -0.368 e. The molecule has 3 nitrogen and oxygen atoms in total. The van der Waals surface area contributed by atoms with Crippen LogP contribution in [-0.4, -0.2) is 30.7 Å². The first-order valence-corrected chi connectivity index (χ1v) is 7.19. The summed E-state index contributed by atoms with van der Waals surface area (Å²) in [7, 11) is 0. The number of fused-ring (bicyclic) bond motifs is 1. The molecule has 0 spiro atoms. The molecular weight excluding hydrogens is 234 g/mol. The summed E-state index contributed by atoms with van der Waals surface area (Å²) in [5.74, 6) is 0. The predicted octanol–water partition coefficient (Wildman–Crippen LogP) is 2.81. The fourth-order valence-corrected chi connectivity index (χ4v) is 2.96. The highest BCUT2D eigenvalue weighted by atomic mass is 15.2. The summed E-state index contributed by atoms with van der Waals surface area (Å²) in [5, 5.41) is 6.15. The highest BCUT2D eigenvalue weighted by molar-refractivity contribution is 5.93. The van der Waals surface area contributed by atoms with Gasteiger partial charge in [-0.2, -0.15) is 0 Å². The van der Waals surface area contributed by atoms with Crippen molar-refractivity contribution in [2.75, 3.05) is 24.5 Å². The van der Waals surface area contributed by atoms with Crippen LogP contribution >= 0.6 is 0 Å². The minimum absolute atomic E-state index is 0.616. The molecule has 1 aliphatic heterocycles. The number of nitrogens with one attached hydrogen (secondary N) is 1. The lowest BCUT2D eigenvalue weighted by Gasteiger charge is -2.35. The molecule has 3 rings (SSSR count). The van der Waals surface area contributed by atoms with Crippen molar-refractivity contribution in [3.63, 3.8) is 0 Å². The van der Waals surface area contributed by atoms with E-state index in [1.165, 1.54) is 29.3 Å². The van der Waals surface area contributed by atoms with Gasteiger partial charge in [-0.1, -0.05) is 25.5 Å². The summed E-state index contributed by atoms with van der Waals surface area (Å²) in [6.07, 6.45) is 6.34. The van der Waals surface area contributed by atoms with E-state index in [-0.39, 0.29) is 0 Å². The van der Waals surface area contributed by atoms with Gasteiger partial charge in [0.1, 0.15) is 0 Å². The summed E-state index contributed by atoms with van der Waals surface area (Å²) < 4.78 is 0. The lowest BCUT2D eigenvalue weighted by molar-refractivity contribution is 0.431. The van der Waals surface area contributed by atoms with E-state index in [1.807, 2.05) is 12.4 Å². The molecule has 1 aromatic carbocycles. The average Bonchev–Trinajstić information content (AvgIpc) is 2.47. The van der Waals surface area contributed by atoms with Crippen molar-refractivity contribution in [3.05, 3.63) is 36.7 Å². The van der Waals surface area contributed by atoms with Crippen molar-refractivity contribution in [2.45, 2.75) is 25.8 Å². The van der Waals surface area contributed by atoms with Gasteiger partial charge >= 0.3 is 0 Å². The van der Waals surface area contributed by atoms with Gasteiger partial charge in [0.05, 0.1) is 0 Å². The third kappa shape index (κ3) is 2.56. The van der Waals surface area contributed by atoms with Crippen LogP contribution in [-0.2, 0) is 0 Å². The fourth-order valence-electron chi connectivity index (χ4n) is 2.96. The molecule has 1 unspecified atom stereocenters. The largest absolute Gasteiger partial charge is 0.368 e. The van der Waals surface area contributed by atoms with Gasteiger partial charge in [0.15, 0.2) is 0 Å². The number of piperazine rings is 1. The fraction of sp³-hybridized carbons (Fsp3) is 0.438. The van der Waals surface area contributed by atoms with Crippen molar-refractivity contribution in [1.29, 1.82) is 0 Å². The van der Waals surface area contributed by atoms with E-state index < -0.39 is 0 Å². The van der Waals surface area contributed by atoms with Gasteiger partial charge in [0, 0.05) is 49.1 Å². The van der Waals surface area contributed by atoms with E-state index in [2.05, 4.69) is 46.4 Å². The molecular formula is C16H21N3. The van der Waals surface area contributed by atoms with Crippen LogP contribution < -0.4 is 10.2 Å². The molecule has 1 atom stereocenters. The SMILES string of the molecule is CCCC1CN(c2cccc3ccncc23)CCN1. The third-order valence-electron chi connectivity index (χ3n) is 3.89. The maximum Gasteiger partial charge on any atom is 0.0462 e. The summed E-state index contributed by atoms with van der Waals surface area (Å²) in [6, 6.07) is 9.23. The number of rotatable bonds is 3. The first-order valence-electron chi connectivity index (χ1n) is 7.19. The maximum atomic E-state index is 4.28. The number of anilines is 1. The monoisotopic (exact) mass is 255 g/mol. The van der Waals surface area contributed by atoms with Gasteiger partial charge in [0.25, 0.3) is 0 Å². The average molecular weight is 255 g/mol. The topological polar surface area (TPSA) is 28.2 Å². The number of benzene rings is 1.